The van der Waals surface area contributed by atoms with Crippen molar-refractivity contribution in [1.82, 2.24) is 4.90 Å². The molecule has 0 saturated carbocycles. The van der Waals surface area contributed by atoms with E-state index in [1.54, 1.807) is 18.2 Å². The first-order valence-corrected chi connectivity index (χ1v) is 7.38. The summed E-state index contributed by atoms with van der Waals surface area (Å²) < 4.78 is 0. The molecule has 6 heteroatoms. The van der Waals surface area contributed by atoms with Crippen molar-refractivity contribution in [3.05, 3.63) is 75.3 Å². The maximum atomic E-state index is 11.8. The van der Waals surface area contributed by atoms with Gasteiger partial charge in [0.05, 0.1) is 11.0 Å². The number of carbonyl (C=O) groups excluding carboxylic acids is 1. The summed E-state index contributed by atoms with van der Waals surface area (Å²) in [5, 5.41) is 11.2. The average molecular weight is 311 g/mol. The van der Waals surface area contributed by atoms with Crippen molar-refractivity contribution in [2.75, 3.05) is 0 Å². The summed E-state index contributed by atoms with van der Waals surface area (Å²) in [6.45, 7) is 0.870. The predicted octanol–water partition coefficient (Wildman–Crippen LogP) is 2.01. The van der Waals surface area contributed by atoms with Crippen LogP contribution in [0.2, 0.25) is 0 Å². The fourth-order valence-electron chi connectivity index (χ4n) is 3.07. The molecule has 0 bridgehead atoms. The zero-order valence-electron chi connectivity index (χ0n) is 12.5. The average Bonchev–Trinajstić information content (AvgIpc) is 2.54. The van der Waals surface area contributed by atoms with Gasteiger partial charge >= 0.3 is 0 Å². The van der Waals surface area contributed by atoms with Crippen LogP contribution in [0.5, 0.6) is 0 Å². The van der Waals surface area contributed by atoms with Gasteiger partial charge in [0.25, 0.3) is 5.69 Å². The molecule has 0 radical (unpaired) electrons. The number of hydrogen-bond donors (Lipinski definition) is 1. The molecular formula is C17H17N3O3. The van der Waals surface area contributed by atoms with Crippen molar-refractivity contribution in [1.29, 1.82) is 0 Å². The summed E-state index contributed by atoms with van der Waals surface area (Å²) in [5.41, 5.74) is 8.44. The summed E-state index contributed by atoms with van der Waals surface area (Å²) >= 11 is 0. The number of nitro groups is 1. The van der Waals surface area contributed by atoms with Crippen LogP contribution in [0.4, 0.5) is 5.69 Å². The Morgan fingerprint density at radius 1 is 1.17 bits per heavy atom. The lowest BCUT2D eigenvalue weighted by Crippen LogP contribution is -2.48. The number of hydrogen-bond acceptors (Lipinski definition) is 4. The van der Waals surface area contributed by atoms with Crippen LogP contribution in [0.15, 0.2) is 48.5 Å². The fraction of sp³-hybridized carbons (Fsp3) is 0.235. The third kappa shape index (κ3) is 3.07. The van der Waals surface area contributed by atoms with Crippen LogP contribution in [0.1, 0.15) is 16.7 Å². The van der Waals surface area contributed by atoms with E-state index in [1.807, 2.05) is 29.2 Å². The number of carbonyl (C=O) groups is 1. The Bertz CT molecular complexity index is 760. The number of para-hydroxylation sites is 1. The van der Waals surface area contributed by atoms with E-state index in [2.05, 4.69) is 0 Å². The molecule has 0 unspecified atom stereocenters. The topological polar surface area (TPSA) is 89.5 Å². The highest BCUT2D eigenvalue weighted by molar-refractivity contribution is 5.80. The number of benzene rings is 2. The molecule has 0 spiro atoms. The van der Waals surface area contributed by atoms with Gasteiger partial charge in [-0.25, -0.2) is 0 Å². The summed E-state index contributed by atoms with van der Waals surface area (Å²) in [5.74, 6) is -0.405. The predicted molar refractivity (Wildman–Crippen MR) is 85.5 cm³/mol. The Kier molecular flexibility index (Phi) is 4.08. The molecule has 118 valence electrons. The third-order valence-corrected chi connectivity index (χ3v) is 4.24. The highest BCUT2D eigenvalue weighted by atomic mass is 16.6. The Morgan fingerprint density at radius 2 is 1.83 bits per heavy atom. The molecule has 2 aromatic carbocycles. The lowest BCUT2D eigenvalue weighted by molar-refractivity contribution is -0.385. The minimum absolute atomic E-state index is 0.0644. The molecule has 2 aromatic rings. The number of nitrogens with zero attached hydrogens (tertiary/aromatic N) is 2. The van der Waals surface area contributed by atoms with Crippen LogP contribution >= 0.6 is 0 Å². The first-order chi connectivity index (χ1) is 11.1. The van der Waals surface area contributed by atoms with E-state index in [9.17, 15) is 14.9 Å². The summed E-state index contributed by atoms with van der Waals surface area (Å²) in [4.78, 5) is 24.5. The molecule has 1 aliphatic heterocycles. The van der Waals surface area contributed by atoms with Crippen molar-refractivity contribution in [2.24, 2.45) is 5.73 Å². The van der Waals surface area contributed by atoms with Gasteiger partial charge in [-0.05, 0) is 17.5 Å². The number of nitro benzene ring substituents is 1. The molecule has 0 saturated heterocycles. The van der Waals surface area contributed by atoms with Crippen molar-refractivity contribution in [3.8, 4) is 0 Å². The molecular weight excluding hydrogens is 294 g/mol. The Hall–Kier alpha value is -2.73. The van der Waals surface area contributed by atoms with E-state index in [0.717, 1.165) is 11.1 Å². The Balaban J connectivity index is 1.92. The van der Waals surface area contributed by atoms with Gasteiger partial charge < -0.3 is 5.73 Å². The third-order valence-electron chi connectivity index (χ3n) is 4.24. The van der Waals surface area contributed by atoms with Gasteiger partial charge in [-0.2, -0.15) is 0 Å². The van der Waals surface area contributed by atoms with Gasteiger partial charge in [0.15, 0.2) is 0 Å². The number of nitrogens with two attached hydrogens (primary N) is 1. The molecule has 1 aliphatic rings. The van der Waals surface area contributed by atoms with E-state index in [1.165, 1.54) is 6.07 Å². The van der Waals surface area contributed by atoms with Gasteiger partial charge in [0, 0.05) is 24.7 Å². The number of primary amides is 1. The van der Waals surface area contributed by atoms with Crippen LogP contribution in [0, 0.1) is 10.1 Å². The fourth-order valence-corrected chi connectivity index (χ4v) is 3.07. The van der Waals surface area contributed by atoms with Crippen LogP contribution in [-0.2, 0) is 24.3 Å². The second kappa shape index (κ2) is 6.18. The highest BCUT2D eigenvalue weighted by Gasteiger charge is 2.31. The smallest absolute Gasteiger partial charge is 0.273 e. The number of rotatable bonds is 4. The molecule has 6 nitrogen and oxygen atoms in total. The van der Waals surface area contributed by atoms with E-state index in [-0.39, 0.29) is 5.69 Å². The van der Waals surface area contributed by atoms with E-state index >= 15 is 0 Å². The first-order valence-electron chi connectivity index (χ1n) is 7.38. The summed E-state index contributed by atoms with van der Waals surface area (Å²) in [6, 6.07) is 14.0. The van der Waals surface area contributed by atoms with Crippen LogP contribution in [-0.4, -0.2) is 21.8 Å². The number of amides is 1. The minimum Gasteiger partial charge on any atom is -0.368 e. The van der Waals surface area contributed by atoms with Gasteiger partial charge in [-0.1, -0.05) is 42.5 Å². The maximum Gasteiger partial charge on any atom is 0.273 e. The van der Waals surface area contributed by atoms with Crippen molar-refractivity contribution in [3.63, 3.8) is 0 Å². The second-order valence-electron chi connectivity index (χ2n) is 5.68. The van der Waals surface area contributed by atoms with Crippen molar-refractivity contribution < 1.29 is 9.72 Å². The normalized spacial score (nSPS) is 17.5. The van der Waals surface area contributed by atoms with Crippen LogP contribution < -0.4 is 5.73 Å². The van der Waals surface area contributed by atoms with E-state index < -0.39 is 16.9 Å². The Morgan fingerprint density at radius 3 is 2.52 bits per heavy atom. The summed E-state index contributed by atoms with van der Waals surface area (Å²) in [7, 11) is 0. The molecule has 0 aromatic heterocycles. The van der Waals surface area contributed by atoms with Gasteiger partial charge in [-0.15, -0.1) is 0 Å². The standard InChI is InChI=1S/C17H17N3O3/c18-17(21)16-9-12-5-1-2-6-13(12)10-19(16)11-14-7-3-4-8-15(14)20(22)23/h1-8,16H,9-11H2,(H2,18,21)/t16-/m0/s1. The molecule has 1 heterocycles. The number of fused-ring (bicyclic) bond motifs is 1. The molecule has 23 heavy (non-hydrogen) atoms. The van der Waals surface area contributed by atoms with Crippen molar-refractivity contribution in [2.45, 2.75) is 25.6 Å². The molecule has 0 fully saturated rings. The molecule has 1 amide bonds. The molecule has 0 aliphatic carbocycles. The van der Waals surface area contributed by atoms with E-state index in [0.29, 0.717) is 25.1 Å². The zero-order chi connectivity index (χ0) is 16.4. The lowest BCUT2D eigenvalue weighted by atomic mass is 9.93. The quantitative estimate of drug-likeness (QED) is 0.691. The minimum atomic E-state index is -0.454. The van der Waals surface area contributed by atoms with Gasteiger partial charge in [-0.3, -0.25) is 19.8 Å². The Labute approximate surface area is 133 Å². The van der Waals surface area contributed by atoms with Gasteiger partial charge in [0.1, 0.15) is 0 Å². The first kappa shape index (κ1) is 15.2. The summed E-state index contributed by atoms with van der Waals surface area (Å²) in [6.07, 6.45) is 0.534. The van der Waals surface area contributed by atoms with E-state index in [4.69, 9.17) is 5.73 Å². The molecule has 3 rings (SSSR count). The molecule has 1 atom stereocenters. The SMILES string of the molecule is NC(=O)[C@@H]1Cc2ccccc2CN1Cc1ccccc1[N+](=O)[O-]. The van der Waals surface area contributed by atoms with Crippen molar-refractivity contribution >= 4 is 11.6 Å². The van der Waals surface area contributed by atoms with Crippen LogP contribution in [0.3, 0.4) is 0 Å². The second-order valence-corrected chi connectivity index (χ2v) is 5.68. The van der Waals surface area contributed by atoms with Gasteiger partial charge in [0.2, 0.25) is 5.91 Å². The monoisotopic (exact) mass is 311 g/mol. The molecule has 2 N–H and O–H groups in total. The van der Waals surface area contributed by atoms with Crippen LogP contribution in [0.25, 0.3) is 0 Å². The maximum absolute atomic E-state index is 11.8. The zero-order valence-corrected chi connectivity index (χ0v) is 12.5. The lowest BCUT2D eigenvalue weighted by Gasteiger charge is -2.34. The highest BCUT2D eigenvalue weighted by Crippen LogP contribution is 2.27. The largest absolute Gasteiger partial charge is 0.368 e.